The zero-order valence-electron chi connectivity index (χ0n) is 13.1. The number of nitrogens with zero attached hydrogens (tertiary/aromatic N) is 4. The Bertz CT molecular complexity index is 688. The minimum absolute atomic E-state index is 0.110. The van der Waals surface area contributed by atoms with Crippen molar-refractivity contribution >= 4 is 5.91 Å². The fourth-order valence-corrected chi connectivity index (χ4v) is 2.99. The molecule has 0 bridgehead atoms. The first-order valence-corrected chi connectivity index (χ1v) is 8.21. The van der Waals surface area contributed by atoms with Crippen molar-refractivity contribution in [2.75, 3.05) is 13.2 Å². The fourth-order valence-electron chi connectivity index (χ4n) is 2.99. The first kappa shape index (κ1) is 14.4. The van der Waals surface area contributed by atoms with Crippen LogP contribution in [0.5, 0.6) is 0 Å². The molecule has 7 nitrogen and oxygen atoms in total. The number of rotatable bonds is 6. The third-order valence-corrected chi connectivity index (χ3v) is 4.45. The second kappa shape index (κ2) is 6.16. The first-order chi connectivity index (χ1) is 11.3. The Morgan fingerprint density at radius 2 is 2.35 bits per heavy atom. The van der Waals surface area contributed by atoms with E-state index in [0.29, 0.717) is 32.0 Å². The maximum Gasteiger partial charge on any atom is 0.272 e. The maximum atomic E-state index is 12.5. The van der Waals surface area contributed by atoms with Crippen molar-refractivity contribution in [1.29, 1.82) is 0 Å². The topological polar surface area (TPSA) is 74.0 Å². The molecule has 2 aromatic heterocycles. The number of hydrogen-bond acceptors (Lipinski definition) is 4. The third kappa shape index (κ3) is 3.14. The predicted molar refractivity (Wildman–Crippen MR) is 82.9 cm³/mol. The van der Waals surface area contributed by atoms with E-state index < -0.39 is 0 Å². The van der Waals surface area contributed by atoms with Crippen LogP contribution in [-0.2, 0) is 30.9 Å². The zero-order valence-corrected chi connectivity index (χ0v) is 13.1. The molecule has 122 valence electrons. The maximum absolute atomic E-state index is 12.5. The number of nitrogens with one attached hydrogen (secondary N) is 1. The minimum Gasteiger partial charge on any atom is -0.376 e. The summed E-state index contributed by atoms with van der Waals surface area (Å²) in [5.41, 5.74) is 2.69. The minimum atomic E-state index is -0.110. The van der Waals surface area contributed by atoms with Gasteiger partial charge in [-0.1, -0.05) is 0 Å². The lowest BCUT2D eigenvalue weighted by molar-refractivity contribution is 0.0924. The highest BCUT2D eigenvalue weighted by Gasteiger charge is 2.29. The Morgan fingerprint density at radius 1 is 1.43 bits per heavy atom. The summed E-state index contributed by atoms with van der Waals surface area (Å²) in [7, 11) is 0. The molecule has 1 aliphatic heterocycles. The van der Waals surface area contributed by atoms with Crippen molar-refractivity contribution in [2.24, 2.45) is 5.92 Å². The number of aromatic nitrogens is 4. The fraction of sp³-hybridized carbons (Fsp3) is 0.562. The lowest BCUT2D eigenvalue weighted by atomic mass is 10.1. The second-order valence-corrected chi connectivity index (χ2v) is 6.26. The highest BCUT2D eigenvalue weighted by Crippen LogP contribution is 2.32. The summed E-state index contributed by atoms with van der Waals surface area (Å²) in [5.74, 6) is 0.625. The van der Waals surface area contributed by atoms with Crippen LogP contribution in [-0.4, -0.2) is 38.4 Å². The molecule has 23 heavy (non-hydrogen) atoms. The number of hydrogen-bond donors (Lipinski definition) is 1. The van der Waals surface area contributed by atoms with Gasteiger partial charge < -0.3 is 14.6 Å². The summed E-state index contributed by atoms with van der Waals surface area (Å²) in [6, 6.07) is 0. The van der Waals surface area contributed by atoms with Crippen LogP contribution >= 0.6 is 0 Å². The van der Waals surface area contributed by atoms with E-state index in [1.165, 1.54) is 18.5 Å². The van der Waals surface area contributed by atoms with E-state index in [4.69, 9.17) is 4.74 Å². The van der Waals surface area contributed by atoms with Gasteiger partial charge in [0, 0.05) is 49.7 Å². The molecule has 2 aliphatic rings. The molecule has 7 heteroatoms. The molecule has 0 spiro atoms. The van der Waals surface area contributed by atoms with Crippen LogP contribution in [0.1, 0.15) is 34.6 Å². The number of amides is 1. The Balaban J connectivity index is 1.46. The predicted octanol–water partition coefficient (Wildman–Crippen LogP) is 0.992. The Kier molecular flexibility index (Phi) is 3.87. The van der Waals surface area contributed by atoms with Crippen LogP contribution in [0.4, 0.5) is 0 Å². The van der Waals surface area contributed by atoms with E-state index in [1.54, 1.807) is 12.5 Å². The third-order valence-electron chi connectivity index (χ3n) is 4.45. The smallest absolute Gasteiger partial charge is 0.272 e. The van der Waals surface area contributed by atoms with Crippen LogP contribution in [0.3, 0.4) is 0 Å². The van der Waals surface area contributed by atoms with Crippen LogP contribution in [0.15, 0.2) is 18.7 Å². The lowest BCUT2D eigenvalue weighted by Gasteiger charge is -2.15. The quantitative estimate of drug-likeness (QED) is 0.863. The van der Waals surface area contributed by atoms with Crippen LogP contribution < -0.4 is 5.32 Å². The largest absolute Gasteiger partial charge is 0.376 e. The first-order valence-electron chi connectivity index (χ1n) is 8.21. The average molecular weight is 315 g/mol. The molecule has 0 atom stereocenters. The normalized spacial score (nSPS) is 17.0. The van der Waals surface area contributed by atoms with Crippen molar-refractivity contribution in [1.82, 2.24) is 24.6 Å². The number of carbonyl (C=O) groups excluding carboxylic acids is 1. The Morgan fingerprint density at radius 3 is 3.13 bits per heavy atom. The highest BCUT2D eigenvalue weighted by atomic mass is 16.5. The van der Waals surface area contributed by atoms with E-state index >= 15 is 0 Å². The van der Waals surface area contributed by atoms with Gasteiger partial charge in [-0.2, -0.15) is 5.10 Å². The van der Waals surface area contributed by atoms with E-state index in [9.17, 15) is 4.79 Å². The van der Waals surface area contributed by atoms with E-state index in [0.717, 1.165) is 24.4 Å². The van der Waals surface area contributed by atoms with Gasteiger partial charge in [-0.05, 0) is 18.8 Å². The van der Waals surface area contributed by atoms with Gasteiger partial charge in [0.2, 0.25) is 0 Å². The van der Waals surface area contributed by atoms with Crippen LogP contribution in [0.2, 0.25) is 0 Å². The van der Waals surface area contributed by atoms with Crippen molar-refractivity contribution in [3.63, 3.8) is 0 Å². The van der Waals surface area contributed by atoms with E-state index in [1.807, 2.05) is 15.4 Å². The molecule has 0 aromatic carbocycles. The molecule has 1 fully saturated rings. The number of imidazole rings is 1. The SMILES string of the molecule is O=C(NCCn1ccnc1)c1nn(CC2CC2)c2c1COCC2. The van der Waals surface area contributed by atoms with Crippen molar-refractivity contribution < 1.29 is 9.53 Å². The standard InChI is InChI=1S/C16H21N5O2/c22-16(18-5-7-20-6-4-17-11-20)15-13-10-23-8-3-14(13)21(19-15)9-12-1-2-12/h4,6,11-12H,1-3,5,7-10H2,(H,18,22). The van der Waals surface area contributed by atoms with Gasteiger partial charge in [-0.25, -0.2) is 4.98 Å². The van der Waals surface area contributed by atoms with Crippen LogP contribution in [0.25, 0.3) is 0 Å². The Hall–Kier alpha value is -2.15. The lowest BCUT2D eigenvalue weighted by Crippen LogP contribution is -2.28. The summed E-state index contributed by atoms with van der Waals surface area (Å²) >= 11 is 0. The average Bonchev–Trinajstić information content (AvgIpc) is 3.09. The highest BCUT2D eigenvalue weighted by molar-refractivity contribution is 5.94. The summed E-state index contributed by atoms with van der Waals surface area (Å²) < 4.78 is 9.52. The summed E-state index contributed by atoms with van der Waals surface area (Å²) in [5, 5.41) is 7.54. The molecule has 4 rings (SSSR count). The molecule has 1 N–H and O–H groups in total. The van der Waals surface area contributed by atoms with Crippen molar-refractivity contribution in [3.8, 4) is 0 Å². The van der Waals surface area contributed by atoms with E-state index in [2.05, 4.69) is 15.4 Å². The molecule has 0 saturated heterocycles. The van der Waals surface area contributed by atoms with Gasteiger partial charge in [0.25, 0.3) is 5.91 Å². The summed E-state index contributed by atoms with van der Waals surface area (Å²) in [6.45, 7) is 3.40. The molecule has 0 radical (unpaired) electrons. The second-order valence-electron chi connectivity index (χ2n) is 6.26. The van der Waals surface area contributed by atoms with Gasteiger partial charge in [0.05, 0.1) is 19.5 Å². The molecule has 1 aliphatic carbocycles. The molecule has 2 aromatic rings. The van der Waals surface area contributed by atoms with E-state index in [-0.39, 0.29) is 5.91 Å². The summed E-state index contributed by atoms with van der Waals surface area (Å²) in [6.07, 6.45) is 8.75. The number of ether oxygens (including phenoxy) is 1. The number of fused-ring (bicyclic) bond motifs is 1. The molecular weight excluding hydrogens is 294 g/mol. The molecule has 1 amide bonds. The molecule has 1 saturated carbocycles. The van der Waals surface area contributed by atoms with Crippen molar-refractivity contribution in [3.05, 3.63) is 35.7 Å². The molecule has 0 unspecified atom stereocenters. The van der Waals surface area contributed by atoms with Gasteiger partial charge >= 0.3 is 0 Å². The van der Waals surface area contributed by atoms with Gasteiger partial charge in [0.15, 0.2) is 5.69 Å². The monoisotopic (exact) mass is 315 g/mol. The van der Waals surface area contributed by atoms with Crippen molar-refractivity contribution in [2.45, 2.75) is 39.0 Å². The molecule has 3 heterocycles. The van der Waals surface area contributed by atoms with Crippen LogP contribution in [0, 0.1) is 5.92 Å². The molecular formula is C16H21N5O2. The van der Waals surface area contributed by atoms with Gasteiger partial charge in [-0.3, -0.25) is 9.48 Å². The van der Waals surface area contributed by atoms with Gasteiger partial charge in [-0.15, -0.1) is 0 Å². The zero-order chi connectivity index (χ0) is 15.6. The summed E-state index contributed by atoms with van der Waals surface area (Å²) in [4.78, 5) is 16.5. The number of carbonyl (C=O) groups is 1. The van der Waals surface area contributed by atoms with Gasteiger partial charge in [0.1, 0.15) is 0 Å². The Labute approximate surface area is 134 Å².